The van der Waals surface area contributed by atoms with Crippen molar-refractivity contribution in [3.05, 3.63) is 24.3 Å². The zero-order chi connectivity index (χ0) is 14.1. The number of carbonyl (C=O) groups is 1. The Morgan fingerprint density at radius 2 is 1.84 bits per heavy atom. The molecule has 0 saturated carbocycles. The lowest BCUT2D eigenvalue weighted by atomic mass is 10.2. The van der Waals surface area contributed by atoms with Crippen molar-refractivity contribution in [3.8, 4) is 0 Å². The van der Waals surface area contributed by atoms with E-state index in [9.17, 15) is 4.79 Å². The van der Waals surface area contributed by atoms with Gasteiger partial charge in [-0.1, -0.05) is 19.8 Å². The molecule has 1 rings (SSSR count). The van der Waals surface area contributed by atoms with Gasteiger partial charge in [0.25, 0.3) is 0 Å². The fraction of sp³-hybridized carbons (Fsp3) is 0.533. The summed E-state index contributed by atoms with van der Waals surface area (Å²) in [5, 5.41) is 6.03. The average molecular weight is 263 g/mol. The summed E-state index contributed by atoms with van der Waals surface area (Å²) >= 11 is 0. The van der Waals surface area contributed by atoms with Gasteiger partial charge >= 0.3 is 0 Å². The highest BCUT2D eigenvalue weighted by molar-refractivity contribution is 5.92. The quantitative estimate of drug-likeness (QED) is 0.708. The molecular formula is C15H25N3O. The molecule has 0 fully saturated rings. The maximum atomic E-state index is 11.7. The predicted octanol–water partition coefficient (Wildman–Crippen LogP) is 2.47. The van der Waals surface area contributed by atoms with Gasteiger partial charge in [0.2, 0.25) is 5.91 Å². The van der Waals surface area contributed by atoms with Crippen LogP contribution in [0.2, 0.25) is 0 Å². The normalized spacial score (nSPS) is 10.3. The third kappa shape index (κ3) is 6.25. The molecule has 0 aliphatic heterocycles. The summed E-state index contributed by atoms with van der Waals surface area (Å²) in [7, 11) is 3.99. The summed E-state index contributed by atoms with van der Waals surface area (Å²) < 4.78 is 0. The van der Waals surface area contributed by atoms with Crippen molar-refractivity contribution < 1.29 is 4.79 Å². The van der Waals surface area contributed by atoms with Crippen LogP contribution < -0.4 is 15.5 Å². The molecule has 0 saturated heterocycles. The van der Waals surface area contributed by atoms with Crippen LogP contribution in [0.25, 0.3) is 0 Å². The van der Waals surface area contributed by atoms with E-state index in [1.165, 1.54) is 12.8 Å². The highest BCUT2D eigenvalue weighted by Crippen LogP contribution is 2.15. The second kappa shape index (κ2) is 8.53. The standard InChI is InChI=1S/C15H25N3O/c1-4-5-6-11-16-12-15(19)17-13-7-9-14(10-8-13)18(2)3/h7-10,16H,4-6,11-12H2,1-3H3,(H,17,19). The zero-order valence-electron chi connectivity index (χ0n) is 12.2. The first-order chi connectivity index (χ1) is 9.13. The summed E-state index contributed by atoms with van der Waals surface area (Å²) in [6.07, 6.45) is 3.54. The van der Waals surface area contributed by atoms with Gasteiger partial charge in [0.15, 0.2) is 0 Å². The fourth-order valence-electron chi connectivity index (χ4n) is 1.75. The van der Waals surface area contributed by atoms with E-state index < -0.39 is 0 Å². The van der Waals surface area contributed by atoms with Crippen LogP contribution in [0.1, 0.15) is 26.2 Å². The minimum atomic E-state index is 0.00843. The summed E-state index contributed by atoms with van der Waals surface area (Å²) in [5.74, 6) is 0.00843. The van der Waals surface area contributed by atoms with E-state index in [2.05, 4.69) is 17.6 Å². The van der Waals surface area contributed by atoms with E-state index in [1.807, 2.05) is 43.3 Å². The zero-order valence-corrected chi connectivity index (χ0v) is 12.2. The van der Waals surface area contributed by atoms with E-state index in [1.54, 1.807) is 0 Å². The molecule has 0 heterocycles. The highest BCUT2D eigenvalue weighted by Gasteiger charge is 2.02. The number of nitrogens with zero attached hydrogens (tertiary/aromatic N) is 1. The molecule has 0 spiro atoms. The molecule has 0 atom stereocenters. The number of rotatable bonds is 8. The summed E-state index contributed by atoms with van der Waals surface area (Å²) in [4.78, 5) is 13.7. The first-order valence-corrected chi connectivity index (χ1v) is 6.91. The van der Waals surface area contributed by atoms with E-state index in [-0.39, 0.29) is 5.91 Å². The van der Waals surface area contributed by atoms with Crippen molar-refractivity contribution in [2.24, 2.45) is 0 Å². The molecule has 1 amide bonds. The lowest BCUT2D eigenvalue weighted by Gasteiger charge is -2.13. The van der Waals surface area contributed by atoms with E-state index in [0.29, 0.717) is 6.54 Å². The largest absolute Gasteiger partial charge is 0.378 e. The number of unbranched alkanes of at least 4 members (excludes halogenated alkanes) is 2. The molecule has 0 aliphatic carbocycles. The molecule has 1 aromatic carbocycles. The van der Waals surface area contributed by atoms with Crippen LogP contribution in [0.3, 0.4) is 0 Å². The Morgan fingerprint density at radius 3 is 2.42 bits per heavy atom. The molecular weight excluding hydrogens is 238 g/mol. The van der Waals surface area contributed by atoms with Crippen LogP contribution in [-0.2, 0) is 4.79 Å². The Bertz CT molecular complexity index is 373. The topological polar surface area (TPSA) is 44.4 Å². The third-order valence-electron chi connectivity index (χ3n) is 2.91. The van der Waals surface area contributed by atoms with Gasteiger partial charge in [0, 0.05) is 25.5 Å². The molecule has 0 aliphatic rings. The minimum Gasteiger partial charge on any atom is -0.378 e. The molecule has 0 radical (unpaired) electrons. The van der Waals surface area contributed by atoms with Crippen LogP contribution in [-0.4, -0.2) is 33.1 Å². The molecule has 19 heavy (non-hydrogen) atoms. The van der Waals surface area contributed by atoms with Gasteiger partial charge in [-0.2, -0.15) is 0 Å². The van der Waals surface area contributed by atoms with Crippen molar-refractivity contribution in [1.82, 2.24) is 5.32 Å². The number of nitrogens with one attached hydrogen (secondary N) is 2. The average Bonchev–Trinajstić information content (AvgIpc) is 2.39. The molecule has 0 aromatic heterocycles. The van der Waals surface area contributed by atoms with Crippen molar-refractivity contribution >= 4 is 17.3 Å². The van der Waals surface area contributed by atoms with Gasteiger partial charge in [-0.25, -0.2) is 0 Å². The van der Waals surface area contributed by atoms with E-state index >= 15 is 0 Å². The molecule has 2 N–H and O–H groups in total. The fourth-order valence-corrected chi connectivity index (χ4v) is 1.75. The second-order valence-corrected chi connectivity index (χ2v) is 4.87. The van der Waals surface area contributed by atoms with Gasteiger partial charge in [-0.15, -0.1) is 0 Å². The molecule has 0 bridgehead atoms. The van der Waals surface area contributed by atoms with Crippen molar-refractivity contribution in [3.63, 3.8) is 0 Å². The highest BCUT2D eigenvalue weighted by atomic mass is 16.1. The van der Waals surface area contributed by atoms with Crippen molar-refractivity contribution in [2.45, 2.75) is 26.2 Å². The monoisotopic (exact) mass is 263 g/mol. The Balaban J connectivity index is 2.28. The molecule has 1 aromatic rings. The maximum absolute atomic E-state index is 11.7. The number of hydrogen-bond acceptors (Lipinski definition) is 3. The Hall–Kier alpha value is -1.55. The molecule has 106 valence electrons. The third-order valence-corrected chi connectivity index (χ3v) is 2.91. The summed E-state index contributed by atoms with van der Waals surface area (Å²) in [6, 6.07) is 7.82. The maximum Gasteiger partial charge on any atom is 0.238 e. The lowest BCUT2D eigenvalue weighted by molar-refractivity contribution is -0.115. The lowest BCUT2D eigenvalue weighted by Crippen LogP contribution is -2.28. The Morgan fingerprint density at radius 1 is 1.16 bits per heavy atom. The number of benzene rings is 1. The van der Waals surface area contributed by atoms with Gasteiger partial charge in [-0.3, -0.25) is 4.79 Å². The first-order valence-electron chi connectivity index (χ1n) is 6.91. The minimum absolute atomic E-state index is 0.00843. The molecule has 4 heteroatoms. The van der Waals surface area contributed by atoms with E-state index in [4.69, 9.17) is 0 Å². The van der Waals surface area contributed by atoms with Crippen LogP contribution in [0.4, 0.5) is 11.4 Å². The van der Waals surface area contributed by atoms with Crippen LogP contribution in [0, 0.1) is 0 Å². The summed E-state index contributed by atoms with van der Waals surface area (Å²) in [5.41, 5.74) is 1.96. The predicted molar refractivity (Wildman–Crippen MR) is 81.8 cm³/mol. The van der Waals surface area contributed by atoms with Crippen LogP contribution in [0.15, 0.2) is 24.3 Å². The van der Waals surface area contributed by atoms with Gasteiger partial charge in [0.1, 0.15) is 0 Å². The van der Waals surface area contributed by atoms with Crippen molar-refractivity contribution in [2.75, 3.05) is 37.4 Å². The Labute approximate surface area is 116 Å². The smallest absolute Gasteiger partial charge is 0.238 e. The van der Waals surface area contributed by atoms with Crippen LogP contribution >= 0.6 is 0 Å². The number of anilines is 2. The van der Waals surface area contributed by atoms with Gasteiger partial charge in [0.05, 0.1) is 6.54 Å². The first kappa shape index (κ1) is 15.5. The Kier molecular flexibility index (Phi) is 6.97. The molecule has 4 nitrogen and oxygen atoms in total. The van der Waals surface area contributed by atoms with Gasteiger partial charge < -0.3 is 15.5 Å². The number of amides is 1. The number of carbonyl (C=O) groups excluding carboxylic acids is 1. The van der Waals surface area contributed by atoms with Crippen molar-refractivity contribution in [1.29, 1.82) is 0 Å². The SMILES string of the molecule is CCCCCNCC(=O)Nc1ccc(N(C)C)cc1. The summed E-state index contributed by atoms with van der Waals surface area (Å²) in [6.45, 7) is 3.45. The van der Waals surface area contributed by atoms with Gasteiger partial charge in [-0.05, 0) is 37.2 Å². The molecule has 0 unspecified atom stereocenters. The van der Waals surface area contributed by atoms with Crippen LogP contribution in [0.5, 0.6) is 0 Å². The van der Waals surface area contributed by atoms with E-state index in [0.717, 1.165) is 24.3 Å². The number of hydrogen-bond donors (Lipinski definition) is 2. The second-order valence-electron chi connectivity index (χ2n) is 4.87.